The van der Waals surface area contributed by atoms with Crippen LogP contribution in [0.15, 0.2) is 24.3 Å². The molecule has 74 valence electrons. The summed E-state index contributed by atoms with van der Waals surface area (Å²) in [6.07, 6.45) is 0. The van der Waals surface area contributed by atoms with Gasteiger partial charge in [-0.25, -0.2) is 0 Å². The molecular formula is C10H16O3. The molecule has 13 heavy (non-hydrogen) atoms. The van der Waals surface area contributed by atoms with Gasteiger partial charge in [0.15, 0.2) is 0 Å². The van der Waals surface area contributed by atoms with Gasteiger partial charge in [-0.05, 0) is 13.8 Å². The van der Waals surface area contributed by atoms with E-state index in [-0.39, 0.29) is 0 Å². The first kappa shape index (κ1) is 12.1. The predicted octanol–water partition coefficient (Wildman–Crippen LogP) is 1.21. The maximum absolute atomic E-state index is 7.68. The summed E-state index contributed by atoms with van der Waals surface area (Å²) in [6, 6.07) is 8.48. The van der Waals surface area contributed by atoms with Crippen molar-refractivity contribution in [1.82, 2.24) is 0 Å². The third kappa shape index (κ3) is 7.46. The number of hydrogen-bond acceptors (Lipinski definition) is 3. The van der Waals surface area contributed by atoms with Crippen LogP contribution in [0.2, 0.25) is 0 Å². The first-order chi connectivity index (χ1) is 6.20. The van der Waals surface area contributed by atoms with Crippen LogP contribution in [0.5, 0.6) is 0 Å². The molecule has 3 heteroatoms. The van der Waals surface area contributed by atoms with Crippen molar-refractivity contribution in [3.05, 3.63) is 35.4 Å². The molecule has 0 heterocycles. The average Bonchev–Trinajstić information content (AvgIpc) is 2.13. The number of aliphatic hydroxyl groups excluding tert-OH is 2. The predicted molar refractivity (Wildman–Crippen MR) is 51.2 cm³/mol. The molecule has 3 nitrogen and oxygen atoms in total. The number of ether oxygens (including phenoxy) is 1. The molecule has 0 fully saturated rings. The molecule has 1 rings (SSSR count). The molecule has 2 N–H and O–H groups in total. The van der Waals surface area contributed by atoms with Crippen LogP contribution in [-0.4, -0.2) is 23.8 Å². The van der Waals surface area contributed by atoms with Crippen LogP contribution >= 0.6 is 0 Å². The molecule has 0 bridgehead atoms. The molecule has 0 aliphatic heterocycles. The summed E-state index contributed by atoms with van der Waals surface area (Å²) in [5.74, 6) is 0. The van der Waals surface area contributed by atoms with E-state index in [1.165, 1.54) is 11.1 Å². The molecule has 0 unspecified atom stereocenters. The molecule has 0 aromatic heterocycles. The third-order valence-corrected chi connectivity index (χ3v) is 1.40. The van der Waals surface area contributed by atoms with E-state index in [0.717, 1.165) is 0 Å². The van der Waals surface area contributed by atoms with E-state index < -0.39 is 13.6 Å². The van der Waals surface area contributed by atoms with Gasteiger partial charge in [-0.2, -0.15) is 0 Å². The van der Waals surface area contributed by atoms with Crippen LogP contribution in [0.1, 0.15) is 11.1 Å². The van der Waals surface area contributed by atoms with E-state index in [0.29, 0.717) is 0 Å². The molecule has 0 radical (unpaired) electrons. The molecule has 0 amide bonds. The Hall–Kier alpha value is -0.900. The Morgan fingerprint density at radius 3 is 1.38 bits per heavy atom. The van der Waals surface area contributed by atoms with Crippen molar-refractivity contribution < 1.29 is 14.9 Å². The smallest absolute Gasteiger partial charge is 0.146 e. The average molecular weight is 184 g/mol. The maximum atomic E-state index is 7.68. The van der Waals surface area contributed by atoms with E-state index in [4.69, 9.17) is 10.2 Å². The zero-order valence-electron chi connectivity index (χ0n) is 8.03. The Morgan fingerprint density at radius 2 is 1.23 bits per heavy atom. The summed E-state index contributed by atoms with van der Waals surface area (Å²) in [7, 11) is 0. The Morgan fingerprint density at radius 1 is 0.923 bits per heavy atom. The largest absolute Gasteiger partial charge is 0.371 e. The lowest BCUT2D eigenvalue weighted by Crippen LogP contribution is -1.91. The normalized spacial score (nSPS) is 8.92. The summed E-state index contributed by atoms with van der Waals surface area (Å²) >= 11 is 0. The summed E-state index contributed by atoms with van der Waals surface area (Å²) < 4.78 is 3.94. The van der Waals surface area contributed by atoms with Gasteiger partial charge in [0.25, 0.3) is 0 Å². The number of aryl methyl sites for hydroxylation is 2. The standard InChI is InChI=1S/C8H10.C2H6O3/c1-7-3-5-8(2)6-4-7;3-1-5-2-4/h3-6H,1-2H3;3-4H,1-2H2. The Kier molecular flexibility index (Phi) is 7.20. The van der Waals surface area contributed by atoms with Crippen LogP contribution in [0, 0.1) is 13.8 Å². The number of benzene rings is 1. The van der Waals surface area contributed by atoms with Gasteiger partial charge in [-0.3, -0.25) is 0 Å². The molecular weight excluding hydrogens is 168 g/mol. The SMILES string of the molecule is Cc1ccc(C)cc1.OCOCO. The van der Waals surface area contributed by atoms with E-state index in [2.05, 4.69) is 42.8 Å². The molecule has 0 aliphatic carbocycles. The highest BCUT2D eigenvalue weighted by molar-refractivity contribution is 5.19. The van der Waals surface area contributed by atoms with Gasteiger partial charge in [-0.1, -0.05) is 35.4 Å². The van der Waals surface area contributed by atoms with Crippen LogP contribution < -0.4 is 0 Å². The monoisotopic (exact) mass is 184 g/mol. The Balaban J connectivity index is 0.000000252. The fourth-order valence-corrected chi connectivity index (χ4v) is 0.678. The van der Waals surface area contributed by atoms with Crippen molar-refractivity contribution in [3.63, 3.8) is 0 Å². The van der Waals surface area contributed by atoms with Crippen molar-refractivity contribution in [1.29, 1.82) is 0 Å². The van der Waals surface area contributed by atoms with E-state index >= 15 is 0 Å². The van der Waals surface area contributed by atoms with Gasteiger partial charge in [0.05, 0.1) is 0 Å². The van der Waals surface area contributed by atoms with Crippen molar-refractivity contribution in [2.45, 2.75) is 13.8 Å². The first-order valence-electron chi connectivity index (χ1n) is 4.03. The number of rotatable bonds is 2. The van der Waals surface area contributed by atoms with Crippen molar-refractivity contribution in [2.24, 2.45) is 0 Å². The lowest BCUT2D eigenvalue weighted by atomic mass is 10.2. The van der Waals surface area contributed by atoms with Gasteiger partial charge < -0.3 is 14.9 Å². The highest BCUT2D eigenvalue weighted by Gasteiger charge is 1.79. The number of aliphatic hydroxyl groups is 2. The minimum Gasteiger partial charge on any atom is -0.371 e. The van der Waals surface area contributed by atoms with Crippen molar-refractivity contribution >= 4 is 0 Å². The summed E-state index contributed by atoms with van der Waals surface area (Å²) in [6.45, 7) is 3.38. The Labute approximate surface area is 78.6 Å². The van der Waals surface area contributed by atoms with E-state index in [1.807, 2.05) is 0 Å². The highest BCUT2D eigenvalue weighted by Crippen LogP contribution is 1.99. The van der Waals surface area contributed by atoms with Crippen LogP contribution in [0.3, 0.4) is 0 Å². The molecule has 0 saturated heterocycles. The molecule has 0 aliphatic rings. The van der Waals surface area contributed by atoms with Crippen LogP contribution in [-0.2, 0) is 4.74 Å². The Bertz CT molecular complexity index is 183. The topological polar surface area (TPSA) is 49.7 Å². The summed E-state index contributed by atoms with van der Waals surface area (Å²) in [5, 5.41) is 15.4. The van der Waals surface area contributed by atoms with Crippen LogP contribution in [0.25, 0.3) is 0 Å². The highest BCUT2D eigenvalue weighted by atomic mass is 16.6. The van der Waals surface area contributed by atoms with Crippen molar-refractivity contribution in [3.8, 4) is 0 Å². The second-order valence-corrected chi connectivity index (χ2v) is 2.62. The second-order valence-electron chi connectivity index (χ2n) is 2.62. The van der Waals surface area contributed by atoms with E-state index in [1.54, 1.807) is 0 Å². The maximum Gasteiger partial charge on any atom is 0.146 e. The van der Waals surface area contributed by atoms with Gasteiger partial charge >= 0.3 is 0 Å². The lowest BCUT2D eigenvalue weighted by molar-refractivity contribution is -0.0763. The molecule has 0 atom stereocenters. The summed E-state index contributed by atoms with van der Waals surface area (Å²) in [5.41, 5.74) is 2.66. The fraction of sp³-hybridized carbons (Fsp3) is 0.400. The lowest BCUT2D eigenvalue weighted by Gasteiger charge is -1.90. The fourth-order valence-electron chi connectivity index (χ4n) is 0.678. The van der Waals surface area contributed by atoms with Gasteiger partial charge in [-0.15, -0.1) is 0 Å². The number of hydrogen-bond donors (Lipinski definition) is 2. The molecule has 1 aromatic rings. The molecule has 1 aromatic carbocycles. The van der Waals surface area contributed by atoms with Crippen molar-refractivity contribution in [2.75, 3.05) is 13.6 Å². The first-order valence-corrected chi connectivity index (χ1v) is 4.03. The minimum atomic E-state index is -0.406. The second kappa shape index (κ2) is 7.73. The van der Waals surface area contributed by atoms with E-state index in [9.17, 15) is 0 Å². The zero-order chi connectivity index (χ0) is 10.1. The van der Waals surface area contributed by atoms with Gasteiger partial charge in [0, 0.05) is 0 Å². The third-order valence-electron chi connectivity index (χ3n) is 1.40. The van der Waals surface area contributed by atoms with Crippen LogP contribution in [0.4, 0.5) is 0 Å². The molecule has 0 saturated carbocycles. The molecule has 0 spiro atoms. The van der Waals surface area contributed by atoms with Gasteiger partial charge in [0.2, 0.25) is 0 Å². The summed E-state index contributed by atoms with van der Waals surface area (Å²) in [4.78, 5) is 0. The quantitative estimate of drug-likeness (QED) is 0.679. The van der Waals surface area contributed by atoms with Gasteiger partial charge in [0.1, 0.15) is 13.6 Å². The minimum absolute atomic E-state index is 0.406. The zero-order valence-corrected chi connectivity index (χ0v) is 8.03.